The highest BCUT2D eigenvalue weighted by atomic mass is 16.5. The van der Waals surface area contributed by atoms with Crippen LogP contribution in [0.4, 0.5) is 5.82 Å². The fourth-order valence-corrected chi connectivity index (χ4v) is 3.93. The fourth-order valence-electron chi connectivity index (χ4n) is 3.93. The molecular weight excluding hydrogens is 442 g/mol. The number of hydrogen-bond donors (Lipinski definition) is 1. The first-order valence-electron chi connectivity index (χ1n) is 11.0. The molecule has 5 aromatic rings. The van der Waals surface area contributed by atoms with Gasteiger partial charge in [0.1, 0.15) is 5.82 Å². The molecule has 1 N–H and O–H groups in total. The van der Waals surface area contributed by atoms with Gasteiger partial charge >= 0.3 is 0 Å². The number of para-hydroxylation sites is 1. The number of aromatic nitrogens is 4. The number of pyridine rings is 2. The van der Waals surface area contributed by atoms with Crippen molar-refractivity contribution in [3.63, 3.8) is 0 Å². The summed E-state index contributed by atoms with van der Waals surface area (Å²) < 4.78 is 12.4. The van der Waals surface area contributed by atoms with Gasteiger partial charge in [-0.2, -0.15) is 9.78 Å². The number of carbonyl (C=O) groups is 1. The summed E-state index contributed by atoms with van der Waals surface area (Å²) in [6.07, 6.45) is 1.68. The monoisotopic (exact) mass is 465 g/mol. The Hall–Kier alpha value is -4.72. The number of fused-ring (bicyclic) bond motifs is 1. The fraction of sp³-hybridized carbons (Fsp3) is 0.111. The van der Waals surface area contributed by atoms with Crippen molar-refractivity contribution in [1.29, 1.82) is 0 Å². The number of carbonyl (C=O) groups excluding carboxylic acids is 1. The molecule has 0 unspecified atom stereocenters. The summed E-state index contributed by atoms with van der Waals surface area (Å²) in [6.45, 7) is 1.87. The van der Waals surface area contributed by atoms with Crippen molar-refractivity contribution < 1.29 is 14.3 Å². The van der Waals surface area contributed by atoms with Crippen molar-refractivity contribution >= 4 is 22.6 Å². The molecule has 0 spiro atoms. The Morgan fingerprint density at radius 1 is 0.914 bits per heavy atom. The van der Waals surface area contributed by atoms with Gasteiger partial charge in [0.25, 0.3) is 5.91 Å². The SMILES string of the molecule is COc1ccc(-c2cc(C(=O)Nc3cc(C)nn3-c3ccccn3)c3ccccc3n2)cc1OC. The van der Waals surface area contributed by atoms with Crippen molar-refractivity contribution in [1.82, 2.24) is 19.7 Å². The van der Waals surface area contributed by atoms with Gasteiger partial charge in [0.05, 0.1) is 36.7 Å². The number of benzene rings is 2. The van der Waals surface area contributed by atoms with E-state index in [0.717, 1.165) is 16.6 Å². The molecule has 0 saturated heterocycles. The van der Waals surface area contributed by atoms with Gasteiger partial charge in [0.15, 0.2) is 17.3 Å². The minimum absolute atomic E-state index is 0.276. The van der Waals surface area contributed by atoms with Crippen LogP contribution in [0.2, 0.25) is 0 Å². The predicted octanol–water partition coefficient (Wildman–Crippen LogP) is 5.06. The topological polar surface area (TPSA) is 91.2 Å². The number of rotatable bonds is 6. The third-order valence-corrected chi connectivity index (χ3v) is 5.58. The van der Waals surface area contributed by atoms with Crippen LogP contribution in [0.15, 0.2) is 79.0 Å². The van der Waals surface area contributed by atoms with Gasteiger partial charge in [-0.3, -0.25) is 4.79 Å². The molecule has 0 radical (unpaired) electrons. The van der Waals surface area contributed by atoms with Gasteiger partial charge in [-0.15, -0.1) is 0 Å². The molecule has 5 rings (SSSR count). The van der Waals surface area contributed by atoms with Crippen LogP contribution in [0.3, 0.4) is 0 Å². The minimum atomic E-state index is -0.276. The number of hydrogen-bond acceptors (Lipinski definition) is 6. The molecule has 3 aromatic heterocycles. The first-order valence-corrected chi connectivity index (χ1v) is 11.0. The zero-order valence-corrected chi connectivity index (χ0v) is 19.5. The second kappa shape index (κ2) is 9.26. The molecule has 8 nitrogen and oxygen atoms in total. The van der Waals surface area contributed by atoms with Crippen LogP contribution in [-0.2, 0) is 0 Å². The van der Waals surface area contributed by atoms with Crippen LogP contribution < -0.4 is 14.8 Å². The van der Waals surface area contributed by atoms with E-state index in [4.69, 9.17) is 14.5 Å². The molecule has 0 bridgehead atoms. The van der Waals surface area contributed by atoms with E-state index in [9.17, 15) is 4.79 Å². The smallest absolute Gasteiger partial charge is 0.257 e. The van der Waals surface area contributed by atoms with Crippen LogP contribution in [0.1, 0.15) is 16.1 Å². The van der Waals surface area contributed by atoms with E-state index in [0.29, 0.717) is 39.9 Å². The van der Waals surface area contributed by atoms with Gasteiger partial charge in [-0.25, -0.2) is 9.97 Å². The van der Waals surface area contributed by atoms with E-state index in [-0.39, 0.29) is 5.91 Å². The Kier molecular flexibility index (Phi) is 5.85. The zero-order chi connectivity index (χ0) is 24.4. The minimum Gasteiger partial charge on any atom is -0.493 e. The number of ether oxygens (including phenoxy) is 2. The third kappa shape index (κ3) is 4.29. The molecule has 1 amide bonds. The van der Waals surface area contributed by atoms with Crippen molar-refractivity contribution in [2.75, 3.05) is 19.5 Å². The lowest BCUT2D eigenvalue weighted by Gasteiger charge is -2.13. The number of anilines is 1. The van der Waals surface area contributed by atoms with Crippen molar-refractivity contribution in [3.8, 4) is 28.6 Å². The maximum absolute atomic E-state index is 13.6. The Morgan fingerprint density at radius 3 is 2.49 bits per heavy atom. The van der Waals surface area contributed by atoms with E-state index < -0.39 is 0 Å². The largest absolute Gasteiger partial charge is 0.493 e. The normalized spacial score (nSPS) is 10.8. The van der Waals surface area contributed by atoms with Crippen LogP contribution >= 0.6 is 0 Å². The average molecular weight is 466 g/mol. The molecule has 174 valence electrons. The summed E-state index contributed by atoms with van der Waals surface area (Å²) in [7, 11) is 3.17. The molecule has 0 saturated carbocycles. The molecule has 35 heavy (non-hydrogen) atoms. The summed E-state index contributed by atoms with van der Waals surface area (Å²) in [4.78, 5) is 22.7. The third-order valence-electron chi connectivity index (χ3n) is 5.58. The highest BCUT2D eigenvalue weighted by molar-refractivity contribution is 6.13. The lowest BCUT2D eigenvalue weighted by Crippen LogP contribution is -2.16. The Morgan fingerprint density at radius 2 is 1.71 bits per heavy atom. The van der Waals surface area contributed by atoms with Gasteiger partial charge in [-0.05, 0) is 49.4 Å². The highest BCUT2D eigenvalue weighted by Crippen LogP contribution is 2.33. The molecule has 0 aliphatic rings. The number of aryl methyl sites for hydroxylation is 1. The second-order valence-electron chi connectivity index (χ2n) is 7.87. The summed E-state index contributed by atoms with van der Waals surface area (Å²) in [5.41, 5.74) is 3.41. The number of methoxy groups -OCH3 is 2. The van der Waals surface area contributed by atoms with E-state index >= 15 is 0 Å². The van der Waals surface area contributed by atoms with Gasteiger partial charge in [-0.1, -0.05) is 24.3 Å². The molecule has 0 atom stereocenters. The van der Waals surface area contributed by atoms with Crippen molar-refractivity contribution in [2.45, 2.75) is 6.92 Å². The second-order valence-corrected chi connectivity index (χ2v) is 7.87. The van der Waals surface area contributed by atoms with Crippen LogP contribution in [0, 0.1) is 6.92 Å². The lowest BCUT2D eigenvalue weighted by molar-refractivity contribution is 0.102. The summed E-state index contributed by atoms with van der Waals surface area (Å²) in [6, 6.07) is 22.2. The van der Waals surface area contributed by atoms with Gasteiger partial charge in [0, 0.05) is 23.2 Å². The predicted molar refractivity (Wildman–Crippen MR) is 134 cm³/mol. The average Bonchev–Trinajstić information content (AvgIpc) is 3.27. The zero-order valence-electron chi connectivity index (χ0n) is 19.5. The quantitative estimate of drug-likeness (QED) is 0.377. The summed E-state index contributed by atoms with van der Waals surface area (Å²) in [5.74, 6) is 2.07. The van der Waals surface area contributed by atoms with Crippen LogP contribution in [0.5, 0.6) is 11.5 Å². The molecule has 0 aliphatic carbocycles. The maximum atomic E-state index is 13.6. The Balaban J connectivity index is 1.58. The number of nitrogens with one attached hydrogen (secondary N) is 1. The van der Waals surface area contributed by atoms with Crippen LogP contribution in [-0.4, -0.2) is 39.9 Å². The number of nitrogens with zero attached hydrogens (tertiary/aromatic N) is 4. The lowest BCUT2D eigenvalue weighted by atomic mass is 10.0. The molecular formula is C27H23N5O3. The molecule has 3 heterocycles. The number of amides is 1. The summed E-state index contributed by atoms with van der Waals surface area (Å²) in [5, 5.41) is 8.24. The Bertz CT molecular complexity index is 1530. The molecule has 0 fully saturated rings. The highest BCUT2D eigenvalue weighted by Gasteiger charge is 2.18. The van der Waals surface area contributed by atoms with E-state index in [1.807, 2.05) is 73.7 Å². The standard InChI is InChI=1S/C27H23N5O3/c1-17-14-26(32(31-17)25-10-6-7-13-28-25)30-27(33)20-16-22(29-21-9-5-4-8-19(20)21)18-11-12-23(34-2)24(15-18)35-3/h4-16H,1-3H3,(H,30,33). The van der Waals surface area contributed by atoms with Crippen LogP contribution in [0.25, 0.3) is 28.0 Å². The first kappa shape index (κ1) is 22.1. The maximum Gasteiger partial charge on any atom is 0.257 e. The molecule has 2 aromatic carbocycles. The van der Waals surface area contributed by atoms with Crippen molar-refractivity contribution in [3.05, 3.63) is 90.3 Å². The van der Waals surface area contributed by atoms with Gasteiger partial charge < -0.3 is 14.8 Å². The van der Waals surface area contributed by atoms with E-state index in [1.165, 1.54) is 0 Å². The molecule has 0 aliphatic heterocycles. The molecule has 8 heteroatoms. The van der Waals surface area contributed by atoms with E-state index in [1.54, 1.807) is 31.2 Å². The van der Waals surface area contributed by atoms with E-state index in [2.05, 4.69) is 15.4 Å². The van der Waals surface area contributed by atoms with Gasteiger partial charge in [0.2, 0.25) is 0 Å². The first-order chi connectivity index (χ1) is 17.1. The summed E-state index contributed by atoms with van der Waals surface area (Å²) >= 11 is 0. The Labute approximate surface area is 202 Å². The van der Waals surface area contributed by atoms with Crippen molar-refractivity contribution in [2.24, 2.45) is 0 Å².